The Morgan fingerprint density at radius 1 is 1.40 bits per heavy atom. The molecule has 0 saturated carbocycles. The molecule has 0 atom stereocenters. The Labute approximate surface area is 84.1 Å². The molecule has 0 saturated heterocycles. The van der Waals surface area contributed by atoms with E-state index in [9.17, 15) is 4.79 Å². The van der Waals surface area contributed by atoms with Crippen LogP contribution in [0, 0.1) is 6.92 Å². The molecule has 2 N–H and O–H groups in total. The minimum absolute atomic E-state index is 0.102. The van der Waals surface area contributed by atoms with Crippen LogP contribution in [0.15, 0.2) is 12.4 Å². The van der Waals surface area contributed by atoms with Gasteiger partial charge in [0.2, 0.25) is 0 Å². The van der Waals surface area contributed by atoms with Crippen LogP contribution < -0.4 is 5.32 Å². The molecule has 0 aromatic carbocycles. The summed E-state index contributed by atoms with van der Waals surface area (Å²) in [5, 5.41) is 15.1. The van der Waals surface area contributed by atoms with Gasteiger partial charge in [0.15, 0.2) is 0 Å². The summed E-state index contributed by atoms with van der Waals surface area (Å²) in [5.74, 6) is -0.313. The maximum Gasteiger partial charge on any atom is 0.278 e. The number of hydrogen-bond donors (Lipinski definition) is 2. The van der Waals surface area contributed by atoms with Gasteiger partial charge in [-0.05, 0) is 12.1 Å². The van der Waals surface area contributed by atoms with E-state index in [4.69, 9.17) is 0 Å². The van der Waals surface area contributed by atoms with Gasteiger partial charge in [0.25, 0.3) is 11.9 Å². The quantitative estimate of drug-likeness (QED) is 0.687. The monoisotopic (exact) mass is 205 g/mol. The van der Waals surface area contributed by atoms with Crippen molar-refractivity contribution in [3.8, 4) is 0 Å². The Kier molecular flexibility index (Phi) is 2.31. The van der Waals surface area contributed by atoms with Crippen LogP contribution in [0.4, 0.5) is 5.95 Å². The molecule has 0 radical (unpaired) electrons. The predicted octanol–water partition coefficient (Wildman–Crippen LogP) is -0.450. The van der Waals surface area contributed by atoms with E-state index in [1.165, 1.54) is 12.4 Å². The Balaban J connectivity index is 2.19. The summed E-state index contributed by atoms with van der Waals surface area (Å²) >= 11 is 0. The second kappa shape index (κ2) is 3.78. The molecule has 2 aromatic heterocycles. The third-order valence-corrected chi connectivity index (χ3v) is 1.67. The molecule has 0 spiro atoms. The number of rotatable bonds is 2. The van der Waals surface area contributed by atoms with E-state index in [0.717, 1.165) is 0 Å². The minimum Gasteiger partial charge on any atom is -0.286 e. The topological polar surface area (TPSA) is 109 Å². The molecule has 76 valence electrons. The van der Waals surface area contributed by atoms with Crippen LogP contribution in [0.2, 0.25) is 0 Å². The van der Waals surface area contributed by atoms with E-state index in [0.29, 0.717) is 5.69 Å². The van der Waals surface area contributed by atoms with Crippen LogP contribution >= 0.6 is 0 Å². The first-order chi connectivity index (χ1) is 7.27. The average molecular weight is 205 g/mol. The summed E-state index contributed by atoms with van der Waals surface area (Å²) in [4.78, 5) is 19.4. The summed E-state index contributed by atoms with van der Waals surface area (Å²) < 4.78 is 0. The van der Waals surface area contributed by atoms with Crippen molar-refractivity contribution in [1.29, 1.82) is 0 Å². The molecule has 2 rings (SSSR count). The highest BCUT2D eigenvalue weighted by atomic mass is 16.2. The summed E-state index contributed by atoms with van der Waals surface area (Å²) in [6.07, 6.45) is 2.96. The molecular weight excluding hydrogens is 198 g/mol. The van der Waals surface area contributed by atoms with E-state index < -0.39 is 5.91 Å². The Bertz CT molecular complexity index is 466. The molecule has 0 bridgehead atoms. The number of amides is 1. The molecule has 8 heteroatoms. The van der Waals surface area contributed by atoms with Gasteiger partial charge in [-0.25, -0.2) is 4.98 Å². The maximum absolute atomic E-state index is 11.6. The molecule has 2 heterocycles. The molecule has 8 nitrogen and oxygen atoms in total. The normalized spacial score (nSPS) is 9.93. The van der Waals surface area contributed by atoms with Crippen LogP contribution in [0.3, 0.4) is 0 Å². The fourth-order valence-electron chi connectivity index (χ4n) is 1.01. The van der Waals surface area contributed by atoms with Gasteiger partial charge < -0.3 is 0 Å². The van der Waals surface area contributed by atoms with Crippen molar-refractivity contribution in [3.05, 3.63) is 23.8 Å². The molecule has 1 amide bonds. The second-order valence-corrected chi connectivity index (χ2v) is 2.68. The maximum atomic E-state index is 11.6. The van der Waals surface area contributed by atoms with E-state index in [2.05, 4.69) is 35.9 Å². The summed E-state index contributed by atoms with van der Waals surface area (Å²) in [6.45, 7) is 1.69. The molecule has 0 fully saturated rings. The van der Waals surface area contributed by atoms with Crippen molar-refractivity contribution in [2.45, 2.75) is 6.92 Å². The van der Waals surface area contributed by atoms with E-state index >= 15 is 0 Å². The lowest BCUT2D eigenvalue weighted by molar-refractivity contribution is 0.102. The summed E-state index contributed by atoms with van der Waals surface area (Å²) in [6, 6.07) is 0. The van der Waals surface area contributed by atoms with Crippen LogP contribution in [0.5, 0.6) is 0 Å². The lowest BCUT2D eigenvalue weighted by Crippen LogP contribution is -2.16. The van der Waals surface area contributed by atoms with Crippen LogP contribution in [0.25, 0.3) is 0 Å². The van der Waals surface area contributed by atoms with Gasteiger partial charge >= 0.3 is 0 Å². The van der Waals surface area contributed by atoms with Gasteiger partial charge in [0.1, 0.15) is 5.69 Å². The number of carbonyl (C=O) groups is 1. The Hall–Kier alpha value is -2.38. The van der Waals surface area contributed by atoms with Crippen LogP contribution in [-0.4, -0.2) is 36.5 Å². The lowest BCUT2D eigenvalue weighted by Gasteiger charge is -2.01. The molecule has 2 aromatic rings. The van der Waals surface area contributed by atoms with Crippen molar-refractivity contribution < 1.29 is 4.79 Å². The highest BCUT2D eigenvalue weighted by molar-refractivity contribution is 6.02. The molecule has 0 aliphatic carbocycles. The van der Waals surface area contributed by atoms with Gasteiger partial charge in [0.05, 0.1) is 5.69 Å². The number of carbonyl (C=O) groups excluding carboxylic acids is 1. The number of aromatic nitrogens is 6. The standard InChI is InChI=1S/C7H7N7O/c1-4-5(9-3-2-8-4)6(15)10-7-11-13-14-12-7/h2-3H,1H3,(H2,10,11,12,13,14,15). The predicted molar refractivity (Wildman–Crippen MR) is 48.9 cm³/mol. The van der Waals surface area contributed by atoms with Gasteiger partial charge in [-0.3, -0.25) is 15.1 Å². The second-order valence-electron chi connectivity index (χ2n) is 2.68. The Morgan fingerprint density at radius 2 is 2.20 bits per heavy atom. The zero-order valence-electron chi connectivity index (χ0n) is 7.80. The van der Waals surface area contributed by atoms with Gasteiger partial charge in [-0.2, -0.15) is 5.21 Å². The third kappa shape index (κ3) is 1.93. The fraction of sp³-hybridized carbons (Fsp3) is 0.143. The van der Waals surface area contributed by atoms with E-state index in [1.807, 2.05) is 0 Å². The number of anilines is 1. The fourth-order valence-corrected chi connectivity index (χ4v) is 1.01. The number of nitrogens with zero attached hydrogens (tertiary/aromatic N) is 5. The molecule has 0 aliphatic rings. The number of nitrogens with one attached hydrogen (secondary N) is 2. The van der Waals surface area contributed by atoms with Crippen molar-refractivity contribution in [2.24, 2.45) is 0 Å². The molecule has 15 heavy (non-hydrogen) atoms. The highest BCUT2D eigenvalue weighted by Gasteiger charge is 2.12. The van der Waals surface area contributed by atoms with Crippen LogP contribution in [0.1, 0.15) is 16.2 Å². The van der Waals surface area contributed by atoms with Crippen LogP contribution in [-0.2, 0) is 0 Å². The first kappa shape index (κ1) is 9.19. The molecule has 0 unspecified atom stereocenters. The largest absolute Gasteiger partial charge is 0.286 e. The zero-order chi connectivity index (χ0) is 10.7. The number of H-pyrrole nitrogens is 1. The van der Waals surface area contributed by atoms with E-state index in [-0.39, 0.29) is 11.6 Å². The summed E-state index contributed by atoms with van der Waals surface area (Å²) in [5.41, 5.74) is 0.779. The van der Waals surface area contributed by atoms with Crippen molar-refractivity contribution in [1.82, 2.24) is 30.6 Å². The van der Waals surface area contributed by atoms with Gasteiger partial charge in [0, 0.05) is 12.4 Å². The van der Waals surface area contributed by atoms with E-state index in [1.54, 1.807) is 6.92 Å². The third-order valence-electron chi connectivity index (χ3n) is 1.67. The van der Waals surface area contributed by atoms with Gasteiger partial charge in [-0.1, -0.05) is 5.10 Å². The first-order valence-corrected chi connectivity index (χ1v) is 4.10. The molecule has 0 aliphatic heterocycles. The number of tetrazole rings is 1. The number of aryl methyl sites for hydroxylation is 1. The average Bonchev–Trinajstić information content (AvgIpc) is 2.71. The number of hydrogen-bond acceptors (Lipinski definition) is 6. The number of aromatic amines is 1. The minimum atomic E-state index is -0.415. The first-order valence-electron chi connectivity index (χ1n) is 4.10. The smallest absolute Gasteiger partial charge is 0.278 e. The van der Waals surface area contributed by atoms with Crippen molar-refractivity contribution in [3.63, 3.8) is 0 Å². The Morgan fingerprint density at radius 3 is 2.87 bits per heavy atom. The lowest BCUT2D eigenvalue weighted by atomic mass is 10.3. The summed E-state index contributed by atoms with van der Waals surface area (Å²) in [7, 11) is 0. The highest BCUT2D eigenvalue weighted by Crippen LogP contribution is 2.02. The van der Waals surface area contributed by atoms with Gasteiger partial charge in [-0.15, -0.1) is 5.10 Å². The van der Waals surface area contributed by atoms with Crippen molar-refractivity contribution in [2.75, 3.05) is 5.32 Å². The zero-order valence-corrected chi connectivity index (χ0v) is 7.80. The van der Waals surface area contributed by atoms with Crippen molar-refractivity contribution >= 4 is 11.9 Å². The molecular formula is C7H7N7O. The SMILES string of the molecule is Cc1nccnc1C(=O)Nc1nn[nH]n1.